The zero-order valence-electron chi connectivity index (χ0n) is 16.3. The average Bonchev–Trinajstić information content (AvgIpc) is 3.01. The van der Waals surface area contributed by atoms with E-state index in [0.717, 1.165) is 43.6 Å². The number of rotatable bonds is 9. The molecule has 144 valence electrons. The van der Waals surface area contributed by atoms with Crippen molar-refractivity contribution in [3.05, 3.63) is 53.3 Å². The van der Waals surface area contributed by atoms with Crippen LogP contribution in [0.5, 0.6) is 11.5 Å². The largest absolute Gasteiger partial charge is 0.493 e. The van der Waals surface area contributed by atoms with Crippen LogP contribution in [0.3, 0.4) is 0 Å². The molecule has 6 nitrogen and oxygen atoms in total. The van der Waals surface area contributed by atoms with E-state index >= 15 is 0 Å². The van der Waals surface area contributed by atoms with Gasteiger partial charge in [-0.3, -0.25) is 9.78 Å². The van der Waals surface area contributed by atoms with Crippen molar-refractivity contribution in [1.82, 2.24) is 14.8 Å². The zero-order valence-corrected chi connectivity index (χ0v) is 16.3. The lowest BCUT2D eigenvalue weighted by Gasteiger charge is -2.20. The van der Waals surface area contributed by atoms with Crippen LogP contribution in [0.4, 0.5) is 0 Å². The molecule has 0 saturated carbocycles. The molecule has 1 aromatic carbocycles. The molecule has 0 aliphatic carbocycles. The van der Waals surface area contributed by atoms with Gasteiger partial charge in [-0.25, -0.2) is 0 Å². The molecule has 0 fully saturated rings. The fourth-order valence-corrected chi connectivity index (χ4v) is 3.39. The third-order valence-electron chi connectivity index (χ3n) is 4.96. The van der Waals surface area contributed by atoms with Crippen LogP contribution in [-0.4, -0.2) is 61.6 Å². The van der Waals surface area contributed by atoms with Crippen LogP contribution < -0.4 is 9.47 Å². The van der Waals surface area contributed by atoms with E-state index in [4.69, 9.17) is 9.47 Å². The van der Waals surface area contributed by atoms with Crippen molar-refractivity contribution in [1.29, 1.82) is 0 Å². The summed E-state index contributed by atoms with van der Waals surface area (Å²) in [7, 11) is 5.32. The molecule has 6 heteroatoms. The Kier molecular flexibility index (Phi) is 6.29. The lowest BCUT2D eigenvalue weighted by molar-refractivity contribution is 0.0772. The topological polar surface area (TPSA) is 54.9 Å². The second-order valence-electron chi connectivity index (χ2n) is 6.86. The molecule has 0 atom stereocenters. The Hall–Kier alpha value is -2.60. The van der Waals surface area contributed by atoms with Crippen molar-refractivity contribution in [3.8, 4) is 11.5 Å². The summed E-state index contributed by atoms with van der Waals surface area (Å²) >= 11 is 0. The predicted octanol–water partition coefficient (Wildman–Crippen LogP) is 2.62. The van der Waals surface area contributed by atoms with Crippen LogP contribution >= 0.6 is 0 Å². The van der Waals surface area contributed by atoms with Crippen LogP contribution in [0.25, 0.3) is 0 Å². The molecule has 1 aliphatic rings. The highest BCUT2D eigenvalue weighted by Crippen LogP contribution is 2.34. The minimum Gasteiger partial charge on any atom is -0.493 e. The summed E-state index contributed by atoms with van der Waals surface area (Å²) in [5.41, 5.74) is 2.97. The van der Waals surface area contributed by atoms with E-state index < -0.39 is 0 Å². The maximum absolute atomic E-state index is 12.7. The number of hydrogen-bond donors (Lipinski definition) is 0. The lowest BCUT2D eigenvalue weighted by Crippen LogP contribution is -2.29. The quantitative estimate of drug-likeness (QED) is 0.680. The third-order valence-corrected chi connectivity index (χ3v) is 4.96. The number of nitrogens with zero attached hydrogens (tertiary/aromatic N) is 3. The van der Waals surface area contributed by atoms with Crippen molar-refractivity contribution in [2.45, 2.75) is 19.4 Å². The van der Waals surface area contributed by atoms with Crippen LogP contribution in [-0.2, 0) is 13.0 Å². The van der Waals surface area contributed by atoms with Gasteiger partial charge in [-0.15, -0.1) is 0 Å². The van der Waals surface area contributed by atoms with Gasteiger partial charge in [0.1, 0.15) is 0 Å². The summed E-state index contributed by atoms with van der Waals surface area (Å²) in [4.78, 5) is 21.0. The van der Waals surface area contributed by atoms with Gasteiger partial charge in [0.15, 0.2) is 11.5 Å². The maximum atomic E-state index is 12.7. The Bertz CT molecular complexity index is 780. The molecule has 3 rings (SSSR count). The van der Waals surface area contributed by atoms with Crippen LogP contribution in [0.15, 0.2) is 36.7 Å². The number of carbonyl (C=O) groups excluding carboxylic acids is 1. The number of carbonyl (C=O) groups is 1. The second-order valence-corrected chi connectivity index (χ2v) is 6.86. The van der Waals surface area contributed by atoms with Gasteiger partial charge >= 0.3 is 0 Å². The first-order valence-corrected chi connectivity index (χ1v) is 9.24. The van der Waals surface area contributed by atoms with Crippen molar-refractivity contribution in [2.24, 2.45) is 0 Å². The first-order valence-electron chi connectivity index (χ1n) is 9.24. The molecule has 0 N–H and O–H groups in total. The molecule has 2 aromatic rings. The molecule has 1 aliphatic heterocycles. The molecular weight excluding hydrogens is 342 g/mol. The van der Waals surface area contributed by atoms with Gasteiger partial charge in [-0.05, 0) is 55.8 Å². The average molecular weight is 369 g/mol. The Morgan fingerprint density at radius 3 is 2.67 bits per heavy atom. The monoisotopic (exact) mass is 369 g/mol. The van der Waals surface area contributed by atoms with Crippen molar-refractivity contribution >= 4 is 5.91 Å². The summed E-state index contributed by atoms with van der Waals surface area (Å²) in [5.74, 6) is 1.34. The van der Waals surface area contributed by atoms with Crippen LogP contribution in [0.2, 0.25) is 0 Å². The highest BCUT2D eigenvalue weighted by atomic mass is 16.5. The van der Waals surface area contributed by atoms with Gasteiger partial charge in [0.25, 0.3) is 5.91 Å². The van der Waals surface area contributed by atoms with E-state index in [9.17, 15) is 4.79 Å². The first kappa shape index (κ1) is 19.2. The first-order chi connectivity index (χ1) is 13.1. The number of methoxy groups -OCH3 is 2. The molecule has 0 spiro atoms. The van der Waals surface area contributed by atoms with Gasteiger partial charge < -0.3 is 19.3 Å². The van der Waals surface area contributed by atoms with E-state index in [1.165, 1.54) is 5.56 Å². The number of pyridine rings is 1. The van der Waals surface area contributed by atoms with Gasteiger partial charge in [0, 0.05) is 37.6 Å². The SMILES string of the molecule is COc1cc2c(cc1OC)C(=O)N(CCCN(C)CCc1cccnc1)C2. The van der Waals surface area contributed by atoms with Gasteiger partial charge in [0.2, 0.25) is 0 Å². The fraction of sp³-hybridized carbons (Fsp3) is 0.429. The predicted molar refractivity (Wildman–Crippen MR) is 104 cm³/mol. The summed E-state index contributed by atoms with van der Waals surface area (Å²) in [5, 5.41) is 0. The van der Waals surface area contributed by atoms with Gasteiger partial charge in [-0.2, -0.15) is 0 Å². The molecule has 0 unspecified atom stereocenters. The van der Waals surface area contributed by atoms with E-state index in [0.29, 0.717) is 18.0 Å². The standard InChI is InChI=1S/C21H27N3O3/c1-23(11-7-16-6-4-8-22-14-16)9-5-10-24-15-17-12-19(26-2)20(27-3)13-18(17)21(24)25/h4,6,8,12-14H,5,7,9-11,15H2,1-3H3. The molecule has 1 amide bonds. The Morgan fingerprint density at radius 2 is 1.96 bits per heavy atom. The number of likely N-dealkylation sites (N-methyl/N-ethyl adjacent to an activating group) is 1. The molecule has 2 heterocycles. The number of fused-ring (bicyclic) bond motifs is 1. The van der Waals surface area contributed by atoms with Crippen molar-refractivity contribution < 1.29 is 14.3 Å². The summed E-state index contributed by atoms with van der Waals surface area (Å²) in [6.07, 6.45) is 5.63. The number of amides is 1. The Balaban J connectivity index is 1.48. The molecule has 0 bridgehead atoms. The number of hydrogen-bond acceptors (Lipinski definition) is 5. The molecule has 0 radical (unpaired) electrons. The third kappa shape index (κ3) is 4.57. The normalized spacial score (nSPS) is 13.2. The van der Waals surface area contributed by atoms with Crippen LogP contribution in [0, 0.1) is 0 Å². The minimum absolute atomic E-state index is 0.0731. The van der Waals surface area contributed by atoms with E-state index in [2.05, 4.69) is 23.0 Å². The smallest absolute Gasteiger partial charge is 0.254 e. The minimum atomic E-state index is 0.0731. The molecule has 1 aromatic heterocycles. The maximum Gasteiger partial charge on any atom is 0.254 e. The second kappa shape index (κ2) is 8.86. The summed E-state index contributed by atoms with van der Waals surface area (Å²) in [6, 6.07) is 7.77. The molecule has 0 saturated heterocycles. The lowest BCUT2D eigenvalue weighted by atomic mass is 10.1. The van der Waals surface area contributed by atoms with E-state index in [-0.39, 0.29) is 5.91 Å². The summed E-state index contributed by atoms with van der Waals surface area (Å²) < 4.78 is 10.7. The Labute approximate surface area is 160 Å². The fourth-order valence-electron chi connectivity index (χ4n) is 3.39. The number of aromatic nitrogens is 1. The van der Waals surface area contributed by atoms with E-state index in [1.807, 2.05) is 23.2 Å². The summed E-state index contributed by atoms with van der Waals surface area (Å²) in [6.45, 7) is 3.31. The highest BCUT2D eigenvalue weighted by Gasteiger charge is 2.29. The molecule has 27 heavy (non-hydrogen) atoms. The zero-order chi connectivity index (χ0) is 19.2. The highest BCUT2D eigenvalue weighted by molar-refractivity contribution is 5.99. The number of benzene rings is 1. The Morgan fingerprint density at radius 1 is 1.19 bits per heavy atom. The van der Waals surface area contributed by atoms with Crippen LogP contribution in [0.1, 0.15) is 27.9 Å². The number of ether oxygens (including phenoxy) is 2. The van der Waals surface area contributed by atoms with Gasteiger partial charge in [-0.1, -0.05) is 6.07 Å². The van der Waals surface area contributed by atoms with E-state index in [1.54, 1.807) is 26.5 Å². The van der Waals surface area contributed by atoms with Crippen molar-refractivity contribution in [2.75, 3.05) is 40.9 Å². The van der Waals surface area contributed by atoms with Crippen molar-refractivity contribution in [3.63, 3.8) is 0 Å². The molecular formula is C21H27N3O3. The van der Waals surface area contributed by atoms with Gasteiger partial charge in [0.05, 0.1) is 14.2 Å².